The average molecular weight is 242 g/mol. The number of aromatic nitrogens is 2. The van der Waals surface area contributed by atoms with Crippen LogP contribution in [0.2, 0.25) is 10.2 Å². The molecular formula is C10H9Cl2N3. The van der Waals surface area contributed by atoms with Crippen molar-refractivity contribution in [1.82, 2.24) is 9.97 Å². The summed E-state index contributed by atoms with van der Waals surface area (Å²) in [5, 5.41) is 1.04. The lowest BCUT2D eigenvalue weighted by Gasteiger charge is -2.12. The van der Waals surface area contributed by atoms with Gasteiger partial charge in [0.1, 0.15) is 0 Å². The highest BCUT2D eigenvalue weighted by Crippen LogP contribution is 2.24. The maximum absolute atomic E-state index is 5.99. The normalized spacial score (nSPS) is 10.7. The van der Waals surface area contributed by atoms with Crippen molar-refractivity contribution in [2.45, 2.75) is 0 Å². The second-order valence-electron chi connectivity index (χ2n) is 3.37. The molecule has 0 aliphatic rings. The van der Waals surface area contributed by atoms with Crippen molar-refractivity contribution >= 4 is 40.1 Å². The molecule has 0 aliphatic heterocycles. The molecule has 3 nitrogen and oxygen atoms in total. The molecule has 0 spiro atoms. The van der Waals surface area contributed by atoms with Crippen LogP contribution >= 0.6 is 23.2 Å². The van der Waals surface area contributed by atoms with Crippen molar-refractivity contribution in [2.75, 3.05) is 19.0 Å². The first-order valence-electron chi connectivity index (χ1n) is 4.38. The lowest BCUT2D eigenvalue weighted by Crippen LogP contribution is -2.12. The summed E-state index contributed by atoms with van der Waals surface area (Å²) in [5.41, 5.74) is 1.49. The van der Waals surface area contributed by atoms with Crippen molar-refractivity contribution in [1.29, 1.82) is 0 Å². The molecule has 2 aromatic rings. The van der Waals surface area contributed by atoms with Crippen LogP contribution in [-0.4, -0.2) is 24.1 Å². The fourth-order valence-electron chi connectivity index (χ4n) is 1.28. The summed E-state index contributed by atoms with van der Waals surface area (Å²) in [6, 6.07) is 5.34. The number of benzene rings is 1. The fraction of sp³-hybridized carbons (Fsp3) is 0.200. The van der Waals surface area contributed by atoms with Crippen LogP contribution in [0, 0.1) is 0 Å². The largest absolute Gasteiger partial charge is 0.360 e. The first kappa shape index (κ1) is 10.5. The number of nitrogens with zero attached hydrogens (tertiary/aromatic N) is 3. The van der Waals surface area contributed by atoms with Crippen molar-refractivity contribution in [3.8, 4) is 0 Å². The van der Waals surface area contributed by atoms with E-state index in [0.717, 1.165) is 11.0 Å². The summed E-state index contributed by atoms with van der Waals surface area (Å²) in [6.07, 6.45) is 0. The Labute approximate surface area is 97.6 Å². The molecule has 0 radical (unpaired) electrons. The highest BCUT2D eigenvalue weighted by Gasteiger charge is 2.08. The summed E-state index contributed by atoms with van der Waals surface area (Å²) in [6.45, 7) is 0. The van der Waals surface area contributed by atoms with Crippen molar-refractivity contribution < 1.29 is 0 Å². The van der Waals surface area contributed by atoms with Gasteiger partial charge in [0, 0.05) is 19.1 Å². The van der Waals surface area contributed by atoms with Crippen molar-refractivity contribution in [2.24, 2.45) is 0 Å². The van der Waals surface area contributed by atoms with E-state index in [1.165, 1.54) is 0 Å². The zero-order valence-electron chi connectivity index (χ0n) is 8.33. The minimum absolute atomic E-state index is 0.398. The summed E-state index contributed by atoms with van der Waals surface area (Å²) in [4.78, 5) is 10.4. The zero-order valence-corrected chi connectivity index (χ0v) is 9.84. The Morgan fingerprint density at radius 3 is 2.47 bits per heavy atom. The van der Waals surface area contributed by atoms with E-state index in [2.05, 4.69) is 9.97 Å². The predicted octanol–water partition coefficient (Wildman–Crippen LogP) is 3.00. The molecule has 1 aromatic carbocycles. The van der Waals surface area contributed by atoms with E-state index < -0.39 is 0 Å². The predicted molar refractivity (Wildman–Crippen MR) is 63.9 cm³/mol. The molecule has 0 unspecified atom stereocenters. The Kier molecular flexibility index (Phi) is 2.67. The van der Waals surface area contributed by atoms with E-state index in [4.69, 9.17) is 23.2 Å². The number of halogens is 2. The van der Waals surface area contributed by atoms with Gasteiger partial charge in [-0.25, -0.2) is 9.97 Å². The van der Waals surface area contributed by atoms with Gasteiger partial charge in [-0.1, -0.05) is 23.2 Å². The Morgan fingerprint density at radius 2 is 1.80 bits per heavy atom. The standard InChI is InChI=1S/C10H9Cl2N3/c1-15(2)10-9(12)13-7-4-3-6(11)5-8(7)14-10/h3-5H,1-2H3. The Morgan fingerprint density at radius 1 is 1.07 bits per heavy atom. The molecular weight excluding hydrogens is 233 g/mol. The van der Waals surface area contributed by atoms with E-state index in [1.54, 1.807) is 18.2 Å². The number of hydrogen-bond donors (Lipinski definition) is 0. The van der Waals surface area contributed by atoms with E-state index in [-0.39, 0.29) is 0 Å². The maximum Gasteiger partial charge on any atom is 0.172 e. The number of anilines is 1. The molecule has 5 heteroatoms. The Balaban J connectivity index is 2.72. The number of hydrogen-bond acceptors (Lipinski definition) is 3. The first-order valence-corrected chi connectivity index (χ1v) is 5.13. The molecule has 0 fully saturated rings. The van der Waals surface area contributed by atoms with Crippen molar-refractivity contribution in [3.63, 3.8) is 0 Å². The summed E-state index contributed by atoms with van der Waals surface area (Å²) < 4.78 is 0. The van der Waals surface area contributed by atoms with Crippen LogP contribution in [0.3, 0.4) is 0 Å². The molecule has 0 atom stereocenters. The van der Waals surface area contributed by atoms with E-state index in [1.807, 2.05) is 19.0 Å². The highest BCUT2D eigenvalue weighted by atomic mass is 35.5. The van der Waals surface area contributed by atoms with Crippen LogP contribution < -0.4 is 4.90 Å². The molecule has 0 amide bonds. The monoisotopic (exact) mass is 241 g/mol. The molecule has 1 aromatic heterocycles. The van der Waals surface area contributed by atoms with Gasteiger partial charge in [-0.3, -0.25) is 0 Å². The molecule has 1 heterocycles. The second kappa shape index (κ2) is 3.83. The molecule has 0 N–H and O–H groups in total. The van der Waals surface area contributed by atoms with Crippen molar-refractivity contribution in [3.05, 3.63) is 28.4 Å². The lowest BCUT2D eigenvalue weighted by atomic mass is 10.3. The van der Waals surface area contributed by atoms with Gasteiger partial charge in [-0.2, -0.15) is 0 Å². The smallest absolute Gasteiger partial charge is 0.172 e. The third-order valence-corrected chi connectivity index (χ3v) is 2.48. The maximum atomic E-state index is 5.99. The Hall–Kier alpha value is -1.06. The SMILES string of the molecule is CN(C)c1nc2cc(Cl)ccc2nc1Cl. The zero-order chi connectivity index (χ0) is 11.0. The van der Waals surface area contributed by atoms with Crippen LogP contribution in [0.25, 0.3) is 11.0 Å². The molecule has 0 saturated carbocycles. The van der Waals surface area contributed by atoms with Gasteiger partial charge in [0.15, 0.2) is 11.0 Å². The van der Waals surface area contributed by atoms with Crippen LogP contribution in [0.4, 0.5) is 5.82 Å². The fourth-order valence-corrected chi connectivity index (χ4v) is 1.75. The summed E-state index contributed by atoms with van der Waals surface area (Å²) >= 11 is 11.9. The number of fused-ring (bicyclic) bond motifs is 1. The molecule has 15 heavy (non-hydrogen) atoms. The average Bonchev–Trinajstić information content (AvgIpc) is 2.17. The molecule has 78 valence electrons. The van der Waals surface area contributed by atoms with Crippen LogP contribution in [0.15, 0.2) is 18.2 Å². The molecule has 0 saturated heterocycles. The highest BCUT2D eigenvalue weighted by molar-refractivity contribution is 6.32. The molecule has 0 bridgehead atoms. The van der Waals surface area contributed by atoms with Crippen LogP contribution in [0.1, 0.15) is 0 Å². The van der Waals surface area contributed by atoms with Crippen LogP contribution in [0.5, 0.6) is 0 Å². The quantitative estimate of drug-likeness (QED) is 0.769. The second-order valence-corrected chi connectivity index (χ2v) is 4.16. The Bertz CT molecular complexity index is 511. The van der Waals surface area contributed by atoms with Gasteiger partial charge in [-0.15, -0.1) is 0 Å². The lowest BCUT2D eigenvalue weighted by molar-refractivity contribution is 1.06. The first-order chi connectivity index (χ1) is 7.08. The molecule has 0 aliphatic carbocycles. The minimum atomic E-state index is 0.398. The number of rotatable bonds is 1. The minimum Gasteiger partial charge on any atom is -0.360 e. The van der Waals surface area contributed by atoms with Gasteiger partial charge in [0.05, 0.1) is 11.0 Å². The van der Waals surface area contributed by atoms with Gasteiger partial charge in [-0.05, 0) is 18.2 Å². The summed E-state index contributed by atoms with van der Waals surface area (Å²) in [7, 11) is 3.73. The van der Waals surface area contributed by atoms with E-state index in [9.17, 15) is 0 Å². The third kappa shape index (κ3) is 1.98. The topological polar surface area (TPSA) is 29.0 Å². The van der Waals surface area contributed by atoms with Gasteiger partial charge < -0.3 is 4.90 Å². The van der Waals surface area contributed by atoms with E-state index >= 15 is 0 Å². The third-order valence-electron chi connectivity index (χ3n) is 1.99. The van der Waals surface area contributed by atoms with Gasteiger partial charge >= 0.3 is 0 Å². The van der Waals surface area contributed by atoms with E-state index in [0.29, 0.717) is 16.0 Å². The summed E-state index contributed by atoms with van der Waals surface area (Å²) in [5.74, 6) is 0.645. The van der Waals surface area contributed by atoms with Gasteiger partial charge in [0.25, 0.3) is 0 Å². The van der Waals surface area contributed by atoms with Crippen LogP contribution in [-0.2, 0) is 0 Å². The molecule has 2 rings (SSSR count). The van der Waals surface area contributed by atoms with Gasteiger partial charge in [0.2, 0.25) is 0 Å².